The monoisotopic (exact) mass is 188 g/mol. The van der Waals surface area contributed by atoms with E-state index in [-0.39, 0.29) is 18.0 Å². The molecule has 1 rings (SSSR count). The predicted octanol–water partition coefficient (Wildman–Crippen LogP) is 1.47. The molecule has 0 N–H and O–H groups in total. The standard InChI is InChI=1S/C8H12N2O.ClH/c1-2-3-7-10-8(11)5-4-6-9-10;/h4-6H,2-3,7H2,1H3;1H. The Kier molecular flexibility index (Phi) is 5.37. The van der Waals surface area contributed by atoms with Crippen molar-refractivity contribution in [2.45, 2.75) is 26.3 Å². The smallest absolute Gasteiger partial charge is 0.266 e. The van der Waals surface area contributed by atoms with Crippen molar-refractivity contribution in [3.8, 4) is 0 Å². The van der Waals surface area contributed by atoms with Crippen molar-refractivity contribution in [1.29, 1.82) is 0 Å². The molecule has 12 heavy (non-hydrogen) atoms. The van der Waals surface area contributed by atoms with E-state index >= 15 is 0 Å². The van der Waals surface area contributed by atoms with Gasteiger partial charge in [-0.05, 0) is 12.5 Å². The Morgan fingerprint density at radius 2 is 2.33 bits per heavy atom. The van der Waals surface area contributed by atoms with Crippen LogP contribution in [-0.4, -0.2) is 9.78 Å². The fourth-order valence-electron chi connectivity index (χ4n) is 0.863. The Bertz CT molecular complexity index is 272. The van der Waals surface area contributed by atoms with E-state index in [0.29, 0.717) is 0 Å². The second-order valence-corrected chi connectivity index (χ2v) is 2.44. The Morgan fingerprint density at radius 3 is 2.92 bits per heavy atom. The molecule has 0 bridgehead atoms. The highest BCUT2D eigenvalue weighted by molar-refractivity contribution is 5.85. The van der Waals surface area contributed by atoms with Crippen molar-refractivity contribution >= 4 is 12.4 Å². The van der Waals surface area contributed by atoms with Gasteiger partial charge in [0.25, 0.3) is 5.56 Å². The first-order valence-electron chi connectivity index (χ1n) is 3.86. The lowest BCUT2D eigenvalue weighted by molar-refractivity contribution is 0.542. The first-order valence-corrected chi connectivity index (χ1v) is 3.86. The molecule has 0 saturated carbocycles. The largest absolute Gasteiger partial charge is 0.268 e. The molecule has 0 aliphatic rings. The summed E-state index contributed by atoms with van der Waals surface area (Å²) in [4.78, 5) is 11.0. The zero-order valence-corrected chi connectivity index (χ0v) is 7.88. The topological polar surface area (TPSA) is 34.9 Å². The van der Waals surface area contributed by atoms with Crippen molar-refractivity contribution in [3.05, 3.63) is 28.7 Å². The summed E-state index contributed by atoms with van der Waals surface area (Å²) in [6.07, 6.45) is 3.73. The highest BCUT2D eigenvalue weighted by Crippen LogP contribution is 1.87. The molecule has 3 nitrogen and oxygen atoms in total. The van der Waals surface area contributed by atoms with Gasteiger partial charge in [-0.25, -0.2) is 4.68 Å². The van der Waals surface area contributed by atoms with Crippen LogP contribution < -0.4 is 5.56 Å². The molecule has 0 aromatic carbocycles. The quantitative estimate of drug-likeness (QED) is 0.720. The van der Waals surface area contributed by atoms with Crippen LogP contribution in [0.5, 0.6) is 0 Å². The minimum Gasteiger partial charge on any atom is -0.268 e. The number of hydrogen-bond donors (Lipinski definition) is 0. The molecule has 0 spiro atoms. The minimum atomic E-state index is -0.0130. The van der Waals surface area contributed by atoms with Gasteiger partial charge >= 0.3 is 0 Å². The van der Waals surface area contributed by atoms with Crippen molar-refractivity contribution in [1.82, 2.24) is 9.78 Å². The van der Waals surface area contributed by atoms with E-state index in [2.05, 4.69) is 12.0 Å². The number of unbranched alkanes of at least 4 members (excludes halogenated alkanes) is 1. The van der Waals surface area contributed by atoms with Gasteiger partial charge in [0, 0.05) is 18.8 Å². The Hall–Kier alpha value is -0.830. The lowest BCUT2D eigenvalue weighted by Gasteiger charge is -1.99. The number of nitrogens with zero attached hydrogens (tertiary/aromatic N) is 2. The van der Waals surface area contributed by atoms with Crippen molar-refractivity contribution in [2.75, 3.05) is 0 Å². The average molecular weight is 189 g/mol. The highest BCUT2D eigenvalue weighted by Gasteiger charge is 1.91. The third-order valence-electron chi connectivity index (χ3n) is 1.51. The van der Waals surface area contributed by atoms with Crippen LogP contribution >= 0.6 is 12.4 Å². The van der Waals surface area contributed by atoms with E-state index in [1.165, 1.54) is 10.7 Å². The van der Waals surface area contributed by atoms with E-state index in [0.717, 1.165) is 19.4 Å². The van der Waals surface area contributed by atoms with Gasteiger partial charge in [0.1, 0.15) is 0 Å². The number of rotatable bonds is 3. The van der Waals surface area contributed by atoms with Crippen LogP contribution in [0.1, 0.15) is 19.8 Å². The molecule has 0 saturated heterocycles. The molecule has 0 radical (unpaired) electrons. The summed E-state index contributed by atoms with van der Waals surface area (Å²) in [6, 6.07) is 3.19. The lowest BCUT2D eigenvalue weighted by atomic mass is 10.3. The Morgan fingerprint density at radius 1 is 1.58 bits per heavy atom. The summed E-state index contributed by atoms with van der Waals surface area (Å²) in [5.41, 5.74) is -0.0130. The van der Waals surface area contributed by atoms with Crippen LogP contribution in [-0.2, 0) is 6.54 Å². The van der Waals surface area contributed by atoms with E-state index < -0.39 is 0 Å². The molecular weight excluding hydrogens is 176 g/mol. The molecule has 68 valence electrons. The molecular formula is C8H13ClN2O. The van der Waals surface area contributed by atoms with Gasteiger partial charge in [0.2, 0.25) is 0 Å². The zero-order chi connectivity index (χ0) is 8.10. The fourth-order valence-corrected chi connectivity index (χ4v) is 0.863. The summed E-state index contributed by atoms with van der Waals surface area (Å²) in [6.45, 7) is 2.82. The maximum atomic E-state index is 11.0. The molecule has 0 fully saturated rings. The third kappa shape index (κ3) is 3.05. The normalized spacial score (nSPS) is 9.08. The van der Waals surface area contributed by atoms with Crippen molar-refractivity contribution < 1.29 is 0 Å². The SMILES string of the molecule is CCCCn1ncccc1=O.Cl. The maximum absolute atomic E-state index is 11.0. The van der Waals surface area contributed by atoms with Crippen molar-refractivity contribution in [2.24, 2.45) is 0 Å². The fraction of sp³-hybridized carbons (Fsp3) is 0.500. The summed E-state index contributed by atoms with van der Waals surface area (Å²) >= 11 is 0. The summed E-state index contributed by atoms with van der Waals surface area (Å²) < 4.78 is 1.49. The van der Waals surface area contributed by atoms with Gasteiger partial charge < -0.3 is 0 Å². The molecule has 0 unspecified atom stereocenters. The van der Waals surface area contributed by atoms with Crippen molar-refractivity contribution in [3.63, 3.8) is 0 Å². The number of aryl methyl sites for hydroxylation is 1. The van der Waals surface area contributed by atoms with E-state index in [4.69, 9.17) is 0 Å². The van der Waals surface area contributed by atoms with E-state index in [1.807, 2.05) is 0 Å². The Labute approximate surface area is 77.8 Å². The lowest BCUT2D eigenvalue weighted by Crippen LogP contribution is -2.20. The molecule has 0 aliphatic carbocycles. The predicted molar refractivity (Wildman–Crippen MR) is 50.7 cm³/mol. The van der Waals surface area contributed by atoms with Gasteiger partial charge in [-0.15, -0.1) is 12.4 Å². The van der Waals surface area contributed by atoms with Gasteiger partial charge in [-0.1, -0.05) is 13.3 Å². The molecule has 0 atom stereocenters. The minimum absolute atomic E-state index is 0. The van der Waals surface area contributed by atoms with Gasteiger partial charge in [0.15, 0.2) is 0 Å². The van der Waals surface area contributed by atoms with Crippen LogP contribution in [0.4, 0.5) is 0 Å². The molecule has 4 heteroatoms. The Balaban J connectivity index is 0.00000121. The van der Waals surface area contributed by atoms with Crippen LogP contribution in [0.25, 0.3) is 0 Å². The third-order valence-corrected chi connectivity index (χ3v) is 1.51. The second-order valence-electron chi connectivity index (χ2n) is 2.44. The first kappa shape index (κ1) is 11.2. The van der Waals surface area contributed by atoms with Gasteiger partial charge in [-0.3, -0.25) is 4.79 Å². The average Bonchev–Trinajstić information content (AvgIpc) is 2.03. The summed E-state index contributed by atoms with van der Waals surface area (Å²) in [7, 11) is 0. The van der Waals surface area contributed by atoms with E-state index in [9.17, 15) is 4.79 Å². The summed E-state index contributed by atoms with van der Waals surface area (Å²) in [5, 5.41) is 3.92. The van der Waals surface area contributed by atoms with Gasteiger partial charge in [0.05, 0.1) is 0 Å². The number of hydrogen-bond acceptors (Lipinski definition) is 2. The molecule has 0 aliphatic heterocycles. The molecule has 0 amide bonds. The highest BCUT2D eigenvalue weighted by atomic mass is 35.5. The molecule has 1 aromatic rings. The molecule has 1 aromatic heterocycles. The first-order chi connectivity index (χ1) is 5.34. The zero-order valence-electron chi connectivity index (χ0n) is 7.06. The van der Waals surface area contributed by atoms with Gasteiger partial charge in [-0.2, -0.15) is 5.10 Å². The number of halogens is 1. The number of aromatic nitrogens is 2. The van der Waals surface area contributed by atoms with Crippen LogP contribution in [0.15, 0.2) is 23.1 Å². The summed E-state index contributed by atoms with van der Waals surface area (Å²) in [5.74, 6) is 0. The molecule has 1 heterocycles. The van der Waals surface area contributed by atoms with Crippen LogP contribution in [0.2, 0.25) is 0 Å². The van der Waals surface area contributed by atoms with E-state index in [1.54, 1.807) is 12.3 Å². The van der Waals surface area contributed by atoms with Crippen LogP contribution in [0, 0.1) is 0 Å². The second kappa shape index (κ2) is 5.77. The maximum Gasteiger partial charge on any atom is 0.266 e. The van der Waals surface area contributed by atoms with Crippen LogP contribution in [0.3, 0.4) is 0 Å².